The molecule has 0 aliphatic carbocycles. The molecule has 2 atom stereocenters. The summed E-state index contributed by atoms with van der Waals surface area (Å²) in [7, 11) is 0. The minimum atomic E-state index is -0.435. The van der Waals surface area contributed by atoms with Crippen LogP contribution >= 0.6 is 11.3 Å². The molecule has 0 unspecified atom stereocenters. The van der Waals surface area contributed by atoms with Crippen molar-refractivity contribution in [1.29, 1.82) is 0 Å². The third-order valence-electron chi connectivity index (χ3n) is 5.10. The number of rotatable bonds is 5. The van der Waals surface area contributed by atoms with Crippen molar-refractivity contribution in [2.24, 2.45) is 0 Å². The number of aromatic nitrogens is 3. The number of aryl methyl sites for hydroxylation is 1. The lowest BCUT2D eigenvalue weighted by Gasteiger charge is -2.28. The number of thiazole rings is 1. The molecule has 1 saturated heterocycles. The standard InChI is InChI=1S/C19H22N4O2S/c1-12-14(16-9-26-11-22-16)4-5-17-19(12)21-10-23(17)8-13(24)7-15-18(25)3-2-6-20-15/h4-5,9-11,15,18,20,25H,2-3,6-8H2,1H3/t15-,18+/m1/s1. The van der Waals surface area contributed by atoms with Crippen LogP contribution in [0.25, 0.3) is 22.3 Å². The summed E-state index contributed by atoms with van der Waals surface area (Å²) in [5, 5.41) is 15.3. The summed E-state index contributed by atoms with van der Waals surface area (Å²) in [4.78, 5) is 21.4. The van der Waals surface area contributed by atoms with Gasteiger partial charge in [0.2, 0.25) is 0 Å². The Morgan fingerprint density at radius 1 is 1.42 bits per heavy atom. The summed E-state index contributed by atoms with van der Waals surface area (Å²) in [5.74, 6) is 0.101. The van der Waals surface area contributed by atoms with Crippen molar-refractivity contribution in [3.8, 4) is 11.3 Å². The molecule has 3 aromatic rings. The molecule has 26 heavy (non-hydrogen) atoms. The highest BCUT2D eigenvalue weighted by Crippen LogP contribution is 2.29. The molecular formula is C19H22N4O2S. The molecule has 4 rings (SSSR count). The molecule has 2 aromatic heterocycles. The quantitative estimate of drug-likeness (QED) is 0.721. The number of ketones is 1. The molecule has 0 saturated carbocycles. The maximum atomic E-state index is 12.5. The number of Topliss-reactive ketones (excluding diaryl/α,β-unsaturated/α-hetero) is 1. The maximum absolute atomic E-state index is 12.5. The number of nitrogens with zero attached hydrogens (tertiary/aromatic N) is 3. The van der Waals surface area contributed by atoms with Crippen LogP contribution in [0.2, 0.25) is 0 Å². The summed E-state index contributed by atoms with van der Waals surface area (Å²) in [6, 6.07) is 3.91. The van der Waals surface area contributed by atoms with Crippen LogP contribution in [0.4, 0.5) is 0 Å². The Morgan fingerprint density at radius 2 is 2.31 bits per heavy atom. The second-order valence-electron chi connectivity index (χ2n) is 6.87. The third-order valence-corrected chi connectivity index (χ3v) is 5.68. The van der Waals surface area contributed by atoms with Crippen LogP contribution in [0, 0.1) is 6.92 Å². The molecule has 0 spiro atoms. The molecule has 1 aromatic carbocycles. The van der Waals surface area contributed by atoms with E-state index in [1.807, 2.05) is 34.5 Å². The first-order chi connectivity index (χ1) is 12.6. The molecular weight excluding hydrogens is 348 g/mol. The van der Waals surface area contributed by atoms with E-state index in [2.05, 4.69) is 15.3 Å². The van der Waals surface area contributed by atoms with Gasteiger partial charge in [0, 0.05) is 23.4 Å². The normalized spacial score (nSPS) is 20.5. The van der Waals surface area contributed by atoms with E-state index < -0.39 is 6.10 Å². The summed E-state index contributed by atoms with van der Waals surface area (Å²) in [6.45, 7) is 3.18. The Kier molecular flexibility index (Phi) is 4.84. The number of carbonyl (C=O) groups is 1. The Bertz CT molecular complexity index is 919. The van der Waals surface area contributed by atoms with Crippen molar-refractivity contribution in [2.45, 2.75) is 44.9 Å². The van der Waals surface area contributed by atoms with Crippen molar-refractivity contribution in [3.63, 3.8) is 0 Å². The summed E-state index contributed by atoms with van der Waals surface area (Å²) >= 11 is 1.57. The molecule has 0 bridgehead atoms. The topological polar surface area (TPSA) is 80.0 Å². The molecule has 1 aliphatic rings. The monoisotopic (exact) mass is 370 g/mol. The van der Waals surface area contributed by atoms with E-state index in [-0.39, 0.29) is 18.4 Å². The van der Waals surface area contributed by atoms with Gasteiger partial charge in [-0.25, -0.2) is 9.97 Å². The second kappa shape index (κ2) is 7.26. The number of nitrogens with one attached hydrogen (secondary N) is 1. The molecule has 1 aliphatic heterocycles. The van der Waals surface area contributed by atoms with Crippen LogP contribution in [0.5, 0.6) is 0 Å². The summed E-state index contributed by atoms with van der Waals surface area (Å²) in [5.41, 5.74) is 6.78. The van der Waals surface area contributed by atoms with E-state index >= 15 is 0 Å². The fourth-order valence-electron chi connectivity index (χ4n) is 3.66. The van der Waals surface area contributed by atoms with Gasteiger partial charge in [-0.15, -0.1) is 11.3 Å². The predicted molar refractivity (Wildman–Crippen MR) is 102 cm³/mol. The van der Waals surface area contributed by atoms with E-state index in [1.54, 1.807) is 17.7 Å². The van der Waals surface area contributed by atoms with Gasteiger partial charge in [0.15, 0.2) is 5.78 Å². The van der Waals surface area contributed by atoms with Crippen molar-refractivity contribution in [2.75, 3.05) is 6.54 Å². The summed E-state index contributed by atoms with van der Waals surface area (Å²) < 4.78 is 1.89. The van der Waals surface area contributed by atoms with Gasteiger partial charge in [0.1, 0.15) is 0 Å². The smallest absolute Gasteiger partial charge is 0.154 e. The second-order valence-corrected chi connectivity index (χ2v) is 7.58. The van der Waals surface area contributed by atoms with E-state index in [1.165, 1.54) is 0 Å². The number of aliphatic hydroxyl groups excluding tert-OH is 1. The van der Waals surface area contributed by atoms with Crippen LogP contribution < -0.4 is 5.32 Å². The Balaban J connectivity index is 1.54. The Hall–Kier alpha value is -2.09. The first-order valence-electron chi connectivity index (χ1n) is 8.89. The van der Waals surface area contributed by atoms with E-state index in [9.17, 15) is 9.90 Å². The molecule has 1 fully saturated rings. The number of hydrogen-bond donors (Lipinski definition) is 2. The molecule has 0 amide bonds. The van der Waals surface area contributed by atoms with Crippen molar-refractivity contribution in [3.05, 3.63) is 34.9 Å². The molecule has 0 radical (unpaired) electrons. The molecule has 2 N–H and O–H groups in total. The van der Waals surface area contributed by atoms with Crippen LogP contribution in [-0.4, -0.2) is 44.1 Å². The van der Waals surface area contributed by atoms with E-state index in [0.717, 1.165) is 47.2 Å². The van der Waals surface area contributed by atoms with Gasteiger partial charge in [-0.05, 0) is 37.9 Å². The van der Waals surface area contributed by atoms with Crippen LogP contribution in [0.1, 0.15) is 24.8 Å². The Labute approximate surface area is 155 Å². The van der Waals surface area contributed by atoms with Crippen molar-refractivity contribution >= 4 is 28.2 Å². The van der Waals surface area contributed by atoms with Gasteiger partial charge in [-0.2, -0.15) is 0 Å². The van der Waals surface area contributed by atoms with Gasteiger partial charge in [-0.1, -0.05) is 6.07 Å². The van der Waals surface area contributed by atoms with Gasteiger partial charge < -0.3 is 15.0 Å². The number of hydrogen-bond acceptors (Lipinski definition) is 6. The van der Waals surface area contributed by atoms with Crippen LogP contribution in [0.15, 0.2) is 29.4 Å². The van der Waals surface area contributed by atoms with Gasteiger partial charge in [0.05, 0.1) is 41.2 Å². The number of imidazole rings is 1. The highest BCUT2D eigenvalue weighted by atomic mass is 32.1. The Morgan fingerprint density at radius 3 is 3.08 bits per heavy atom. The van der Waals surface area contributed by atoms with Crippen molar-refractivity contribution < 1.29 is 9.90 Å². The fourth-order valence-corrected chi connectivity index (χ4v) is 4.22. The highest BCUT2D eigenvalue weighted by Gasteiger charge is 2.25. The third kappa shape index (κ3) is 3.30. The van der Waals surface area contributed by atoms with Crippen LogP contribution in [-0.2, 0) is 11.3 Å². The first-order valence-corrected chi connectivity index (χ1v) is 9.84. The summed E-state index contributed by atoms with van der Waals surface area (Å²) in [6.07, 6.45) is 3.35. The largest absolute Gasteiger partial charge is 0.391 e. The number of piperidine rings is 1. The molecule has 7 heteroatoms. The lowest BCUT2D eigenvalue weighted by Crippen LogP contribution is -2.46. The predicted octanol–water partition coefficient (Wildman–Crippen LogP) is 2.54. The first kappa shape index (κ1) is 17.3. The number of benzene rings is 1. The number of fused-ring (bicyclic) bond motifs is 1. The molecule has 136 valence electrons. The minimum Gasteiger partial charge on any atom is -0.391 e. The lowest BCUT2D eigenvalue weighted by atomic mass is 9.97. The van der Waals surface area contributed by atoms with Gasteiger partial charge in [0.25, 0.3) is 0 Å². The zero-order valence-corrected chi connectivity index (χ0v) is 15.5. The number of aliphatic hydroxyl groups is 1. The zero-order chi connectivity index (χ0) is 18.1. The lowest BCUT2D eigenvalue weighted by molar-refractivity contribution is -0.121. The van der Waals surface area contributed by atoms with E-state index in [4.69, 9.17) is 0 Å². The minimum absolute atomic E-state index is 0.101. The van der Waals surface area contributed by atoms with Gasteiger partial charge in [-0.3, -0.25) is 4.79 Å². The average Bonchev–Trinajstić information content (AvgIpc) is 3.28. The van der Waals surface area contributed by atoms with Crippen LogP contribution in [0.3, 0.4) is 0 Å². The molecule has 6 nitrogen and oxygen atoms in total. The maximum Gasteiger partial charge on any atom is 0.154 e. The average molecular weight is 370 g/mol. The molecule has 3 heterocycles. The van der Waals surface area contributed by atoms with Crippen molar-refractivity contribution in [1.82, 2.24) is 19.9 Å². The fraction of sp³-hybridized carbons (Fsp3) is 0.421. The van der Waals surface area contributed by atoms with Gasteiger partial charge >= 0.3 is 0 Å². The van der Waals surface area contributed by atoms with E-state index in [0.29, 0.717) is 6.42 Å². The number of carbonyl (C=O) groups excluding carboxylic acids is 1. The SMILES string of the molecule is Cc1c(-c2cscn2)ccc2c1ncn2CC(=O)C[C@H]1NCCC[C@@H]1O. The highest BCUT2D eigenvalue weighted by molar-refractivity contribution is 7.07. The zero-order valence-electron chi connectivity index (χ0n) is 14.7.